The fourth-order valence-corrected chi connectivity index (χ4v) is 2.67. The third-order valence-electron chi connectivity index (χ3n) is 3.54. The molecule has 1 saturated carbocycles. The van der Waals surface area contributed by atoms with E-state index in [1.807, 2.05) is 0 Å². The van der Waals surface area contributed by atoms with E-state index in [2.05, 4.69) is 26.1 Å². The molecule has 0 amide bonds. The van der Waals surface area contributed by atoms with E-state index in [-0.39, 0.29) is 0 Å². The Labute approximate surface area is 89.7 Å². The van der Waals surface area contributed by atoms with Crippen LogP contribution in [0.3, 0.4) is 0 Å². The fraction of sp³-hybridized carbons (Fsp3) is 1.00. The maximum absolute atomic E-state index is 3.84. The lowest BCUT2D eigenvalue weighted by atomic mass is 9.86. The van der Waals surface area contributed by atoms with Gasteiger partial charge in [-0.15, -0.1) is 0 Å². The second-order valence-electron chi connectivity index (χ2n) is 5.03. The van der Waals surface area contributed by atoms with E-state index in [1.165, 1.54) is 44.9 Å². The fourth-order valence-electron chi connectivity index (χ4n) is 2.67. The minimum Gasteiger partial charge on any atom is -0.311 e. The Bertz CT molecular complexity index is 144. The van der Waals surface area contributed by atoms with Crippen molar-refractivity contribution in [3.05, 3.63) is 0 Å². The average molecular weight is 197 g/mol. The lowest BCUT2D eigenvalue weighted by Crippen LogP contribution is -2.40. The van der Waals surface area contributed by atoms with E-state index in [9.17, 15) is 0 Å². The summed E-state index contributed by atoms with van der Waals surface area (Å²) in [6.07, 6.45) is 9.64. The first kappa shape index (κ1) is 12.0. The van der Waals surface area contributed by atoms with Gasteiger partial charge in [0.25, 0.3) is 0 Å². The number of hydrogen-bond donors (Lipinski definition) is 1. The summed E-state index contributed by atoms with van der Waals surface area (Å²) >= 11 is 0. The molecule has 0 saturated heterocycles. The summed E-state index contributed by atoms with van der Waals surface area (Å²) in [5.41, 5.74) is 0. The van der Waals surface area contributed by atoms with Gasteiger partial charge in [-0.25, -0.2) is 0 Å². The van der Waals surface area contributed by atoms with E-state index in [0.29, 0.717) is 0 Å². The summed E-state index contributed by atoms with van der Waals surface area (Å²) in [6.45, 7) is 6.99. The molecule has 1 heteroatoms. The monoisotopic (exact) mass is 197 g/mol. The predicted octanol–water partition coefficient (Wildman–Crippen LogP) is 3.73. The lowest BCUT2D eigenvalue weighted by molar-refractivity contribution is 0.272. The third kappa shape index (κ3) is 4.00. The molecule has 1 aliphatic carbocycles. The van der Waals surface area contributed by atoms with Crippen LogP contribution in [0.4, 0.5) is 0 Å². The van der Waals surface area contributed by atoms with Crippen molar-refractivity contribution in [1.29, 1.82) is 0 Å². The van der Waals surface area contributed by atoms with Crippen molar-refractivity contribution in [2.45, 2.75) is 77.8 Å². The maximum atomic E-state index is 3.84. The molecule has 3 atom stereocenters. The summed E-state index contributed by atoms with van der Waals surface area (Å²) < 4.78 is 0. The van der Waals surface area contributed by atoms with Gasteiger partial charge in [0.05, 0.1) is 0 Å². The minimum atomic E-state index is 0.773. The Morgan fingerprint density at radius 1 is 1.29 bits per heavy atom. The minimum absolute atomic E-state index is 0.773. The van der Waals surface area contributed by atoms with Crippen molar-refractivity contribution in [1.82, 2.24) is 5.32 Å². The summed E-state index contributed by atoms with van der Waals surface area (Å²) in [5, 5.41) is 3.84. The van der Waals surface area contributed by atoms with Crippen LogP contribution in [0.5, 0.6) is 0 Å². The first-order chi connectivity index (χ1) is 6.76. The molecular formula is C13H27N. The van der Waals surface area contributed by atoms with Crippen LogP contribution >= 0.6 is 0 Å². The van der Waals surface area contributed by atoms with Crippen molar-refractivity contribution < 1.29 is 0 Å². The molecule has 0 heterocycles. The van der Waals surface area contributed by atoms with Crippen molar-refractivity contribution in [3.8, 4) is 0 Å². The molecule has 0 aromatic carbocycles. The normalized spacial score (nSPS) is 30.2. The summed E-state index contributed by atoms with van der Waals surface area (Å²) in [7, 11) is 0. The topological polar surface area (TPSA) is 12.0 Å². The SMILES string of the molecule is CCCC(CC)NC1CCCC(C)C1. The highest BCUT2D eigenvalue weighted by atomic mass is 14.9. The second-order valence-corrected chi connectivity index (χ2v) is 5.03. The van der Waals surface area contributed by atoms with Crippen LogP contribution in [-0.2, 0) is 0 Å². The molecule has 14 heavy (non-hydrogen) atoms. The van der Waals surface area contributed by atoms with Gasteiger partial charge in [0.2, 0.25) is 0 Å². The summed E-state index contributed by atoms with van der Waals surface area (Å²) in [4.78, 5) is 0. The van der Waals surface area contributed by atoms with E-state index in [1.54, 1.807) is 0 Å². The lowest BCUT2D eigenvalue weighted by Gasteiger charge is -2.31. The Balaban J connectivity index is 2.26. The van der Waals surface area contributed by atoms with Gasteiger partial charge in [0, 0.05) is 12.1 Å². The van der Waals surface area contributed by atoms with Crippen LogP contribution in [0.15, 0.2) is 0 Å². The molecule has 1 rings (SSSR count). The summed E-state index contributed by atoms with van der Waals surface area (Å²) in [5.74, 6) is 0.945. The van der Waals surface area contributed by atoms with Crippen LogP contribution in [-0.4, -0.2) is 12.1 Å². The van der Waals surface area contributed by atoms with Crippen LogP contribution in [0, 0.1) is 5.92 Å². The molecule has 0 aliphatic heterocycles. The van der Waals surface area contributed by atoms with Gasteiger partial charge in [-0.2, -0.15) is 0 Å². The van der Waals surface area contributed by atoms with E-state index in [0.717, 1.165) is 18.0 Å². The predicted molar refractivity (Wildman–Crippen MR) is 63.5 cm³/mol. The summed E-state index contributed by atoms with van der Waals surface area (Å²) in [6, 6.07) is 1.59. The first-order valence-electron chi connectivity index (χ1n) is 6.52. The van der Waals surface area contributed by atoms with Crippen molar-refractivity contribution >= 4 is 0 Å². The highest BCUT2D eigenvalue weighted by molar-refractivity contribution is 4.79. The van der Waals surface area contributed by atoms with Gasteiger partial charge in [0.1, 0.15) is 0 Å². The van der Waals surface area contributed by atoms with Crippen LogP contribution < -0.4 is 5.32 Å². The van der Waals surface area contributed by atoms with Crippen molar-refractivity contribution in [2.75, 3.05) is 0 Å². The zero-order valence-electron chi connectivity index (χ0n) is 10.2. The molecular weight excluding hydrogens is 170 g/mol. The van der Waals surface area contributed by atoms with Crippen molar-refractivity contribution in [3.63, 3.8) is 0 Å². The second kappa shape index (κ2) is 6.44. The highest BCUT2D eigenvalue weighted by Crippen LogP contribution is 2.24. The van der Waals surface area contributed by atoms with Gasteiger partial charge >= 0.3 is 0 Å². The molecule has 0 radical (unpaired) electrons. The Hall–Kier alpha value is -0.0400. The molecule has 0 spiro atoms. The van der Waals surface area contributed by atoms with Gasteiger partial charge in [-0.1, -0.05) is 40.0 Å². The molecule has 0 bridgehead atoms. The molecule has 1 aliphatic rings. The molecule has 1 fully saturated rings. The van der Waals surface area contributed by atoms with E-state index < -0.39 is 0 Å². The zero-order chi connectivity index (χ0) is 10.4. The standard InChI is InChI=1S/C13H27N/c1-4-7-12(5-2)14-13-9-6-8-11(3)10-13/h11-14H,4-10H2,1-3H3. The maximum Gasteiger partial charge on any atom is 0.00721 e. The molecule has 84 valence electrons. The van der Waals surface area contributed by atoms with E-state index in [4.69, 9.17) is 0 Å². The van der Waals surface area contributed by atoms with Crippen LogP contribution in [0.1, 0.15) is 65.7 Å². The number of nitrogens with one attached hydrogen (secondary N) is 1. The third-order valence-corrected chi connectivity index (χ3v) is 3.54. The number of hydrogen-bond acceptors (Lipinski definition) is 1. The Morgan fingerprint density at radius 3 is 2.64 bits per heavy atom. The average Bonchev–Trinajstić information content (AvgIpc) is 2.17. The van der Waals surface area contributed by atoms with Gasteiger partial charge < -0.3 is 5.32 Å². The highest BCUT2D eigenvalue weighted by Gasteiger charge is 2.20. The van der Waals surface area contributed by atoms with E-state index >= 15 is 0 Å². The quantitative estimate of drug-likeness (QED) is 0.708. The Kier molecular flexibility index (Phi) is 5.54. The molecule has 1 N–H and O–H groups in total. The Morgan fingerprint density at radius 2 is 2.07 bits per heavy atom. The molecule has 0 aromatic heterocycles. The smallest absolute Gasteiger partial charge is 0.00721 e. The largest absolute Gasteiger partial charge is 0.311 e. The van der Waals surface area contributed by atoms with Crippen LogP contribution in [0.25, 0.3) is 0 Å². The van der Waals surface area contributed by atoms with Gasteiger partial charge in [0.15, 0.2) is 0 Å². The molecule has 0 aromatic rings. The zero-order valence-corrected chi connectivity index (χ0v) is 10.2. The first-order valence-corrected chi connectivity index (χ1v) is 6.52. The van der Waals surface area contributed by atoms with Crippen LogP contribution in [0.2, 0.25) is 0 Å². The molecule has 1 nitrogen and oxygen atoms in total. The van der Waals surface area contributed by atoms with Gasteiger partial charge in [-0.3, -0.25) is 0 Å². The van der Waals surface area contributed by atoms with Crippen molar-refractivity contribution in [2.24, 2.45) is 5.92 Å². The molecule has 3 unspecified atom stereocenters. The number of rotatable bonds is 5. The van der Waals surface area contributed by atoms with Gasteiger partial charge in [-0.05, 0) is 31.6 Å².